The molecule has 0 bridgehead atoms. The van der Waals surface area contributed by atoms with Crippen LogP contribution < -0.4 is 20.2 Å². The third kappa shape index (κ3) is 6.38. The maximum atomic E-state index is 12.6. The lowest BCUT2D eigenvalue weighted by atomic mass is 10.0. The smallest absolute Gasteiger partial charge is 0.262 e. The molecule has 2 N–H and O–H groups in total. The van der Waals surface area contributed by atoms with Crippen LogP contribution in [0.2, 0.25) is 0 Å². The van der Waals surface area contributed by atoms with Crippen molar-refractivity contribution in [2.75, 3.05) is 13.7 Å². The Labute approximate surface area is 176 Å². The Morgan fingerprint density at radius 2 is 1.87 bits per heavy atom. The van der Waals surface area contributed by atoms with Gasteiger partial charge in [0.15, 0.2) is 0 Å². The van der Waals surface area contributed by atoms with Crippen molar-refractivity contribution in [1.82, 2.24) is 10.7 Å². The second-order valence-corrected chi connectivity index (χ2v) is 6.69. The monoisotopic (exact) mass is 407 g/mol. The minimum atomic E-state index is -0.760. The van der Waals surface area contributed by atoms with Crippen LogP contribution in [0.3, 0.4) is 0 Å². The fourth-order valence-corrected chi connectivity index (χ4v) is 2.57. The molecule has 0 heterocycles. The summed E-state index contributed by atoms with van der Waals surface area (Å²) in [5.74, 6) is 2.67. The number of rotatable bonds is 9. The maximum absolute atomic E-state index is 12.6. The van der Waals surface area contributed by atoms with E-state index in [4.69, 9.17) is 15.9 Å². The van der Waals surface area contributed by atoms with Gasteiger partial charge in [0, 0.05) is 11.1 Å². The number of carbonyl (C=O) groups excluding carboxylic acids is 2. The average Bonchev–Trinajstić information content (AvgIpc) is 2.76. The summed E-state index contributed by atoms with van der Waals surface area (Å²) >= 11 is 0. The van der Waals surface area contributed by atoms with Gasteiger partial charge < -0.3 is 14.8 Å². The molecule has 2 amide bonds. The topological polar surface area (TPSA) is 89.0 Å². The zero-order valence-electron chi connectivity index (χ0n) is 17.2. The summed E-state index contributed by atoms with van der Waals surface area (Å²) in [6, 6.07) is 13.0. The molecule has 0 aromatic heterocycles. The predicted octanol–water partition coefficient (Wildman–Crippen LogP) is 2.61. The number of terminal acetylenes is 1. The second-order valence-electron chi connectivity index (χ2n) is 6.69. The number of para-hydroxylation sites is 1. The maximum Gasteiger partial charge on any atom is 0.262 e. The Morgan fingerprint density at radius 3 is 2.50 bits per heavy atom. The van der Waals surface area contributed by atoms with E-state index in [1.54, 1.807) is 43.5 Å². The standard InChI is InChI=1S/C23H25N3O4/c1-5-14-30-20-9-7-6-8-18(20)15-24-26-23(28)21(16(2)3)25-22(27)17-10-12-19(29-4)13-11-17/h1,6-13,15-16,21H,14H2,2-4H3,(H,25,27)(H,26,28). The molecule has 2 aromatic carbocycles. The number of hydrogen-bond donors (Lipinski definition) is 2. The summed E-state index contributed by atoms with van der Waals surface area (Å²) in [5.41, 5.74) is 3.56. The Kier molecular flexibility index (Phi) is 8.45. The number of nitrogens with one attached hydrogen (secondary N) is 2. The van der Waals surface area contributed by atoms with Gasteiger partial charge in [-0.25, -0.2) is 5.43 Å². The van der Waals surface area contributed by atoms with Gasteiger partial charge in [-0.3, -0.25) is 9.59 Å². The van der Waals surface area contributed by atoms with Gasteiger partial charge in [-0.05, 0) is 42.3 Å². The van der Waals surface area contributed by atoms with Gasteiger partial charge >= 0.3 is 0 Å². The Bertz CT molecular complexity index is 930. The quantitative estimate of drug-likeness (QED) is 0.380. The first-order valence-corrected chi connectivity index (χ1v) is 9.39. The highest BCUT2D eigenvalue weighted by Gasteiger charge is 2.24. The second kappa shape index (κ2) is 11.3. The van der Waals surface area contributed by atoms with Crippen molar-refractivity contribution >= 4 is 18.0 Å². The fraction of sp³-hybridized carbons (Fsp3) is 0.261. The third-order valence-corrected chi connectivity index (χ3v) is 4.20. The first-order valence-electron chi connectivity index (χ1n) is 9.39. The predicted molar refractivity (Wildman–Crippen MR) is 116 cm³/mol. The number of carbonyl (C=O) groups is 2. The van der Waals surface area contributed by atoms with Crippen molar-refractivity contribution < 1.29 is 19.1 Å². The number of ether oxygens (including phenoxy) is 2. The van der Waals surface area contributed by atoms with E-state index >= 15 is 0 Å². The molecule has 0 saturated carbocycles. The van der Waals surface area contributed by atoms with Gasteiger partial charge in [0.2, 0.25) is 0 Å². The van der Waals surface area contributed by atoms with Crippen LogP contribution in [-0.2, 0) is 4.79 Å². The lowest BCUT2D eigenvalue weighted by molar-refractivity contribution is -0.123. The van der Waals surface area contributed by atoms with E-state index in [2.05, 4.69) is 21.8 Å². The van der Waals surface area contributed by atoms with Gasteiger partial charge in [0.1, 0.15) is 24.1 Å². The van der Waals surface area contributed by atoms with Gasteiger partial charge in [0.05, 0.1) is 13.3 Å². The van der Waals surface area contributed by atoms with Gasteiger partial charge in [-0.2, -0.15) is 5.10 Å². The summed E-state index contributed by atoms with van der Waals surface area (Å²) in [6.07, 6.45) is 6.68. The molecular formula is C23H25N3O4. The third-order valence-electron chi connectivity index (χ3n) is 4.20. The van der Waals surface area contributed by atoms with Crippen LogP contribution in [0.25, 0.3) is 0 Å². The molecule has 7 heteroatoms. The lowest BCUT2D eigenvalue weighted by Crippen LogP contribution is -2.48. The molecular weight excluding hydrogens is 382 g/mol. The molecule has 1 atom stereocenters. The molecule has 2 rings (SSSR count). The molecule has 0 radical (unpaired) electrons. The molecule has 1 unspecified atom stereocenters. The van der Waals surface area contributed by atoms with Crippen LogP contribution in [0.15, 0.2) is 53.6 Å². The van der Waals surface area contributed by atoms with Gasteiger partial charge in [0.25, 0.3) is 11.8 Å². The molecule has 0 fully saturated rings. The van der Waals surface area contributed by atoms with E-state index in [0.717, 1.165) is 0 Å². The number of amides is 2. The van der Waals surface area contributed by atoms with E-state index in [1.165, 1.54) is 6.21 Å². The van der Waals surface area contributed by atoms with E-state index in [0.29, 0.717) is 22.6 Å². The fourth-order valence-electron chi connectivity index (χ4n) is 2.57. The SMILES string of the molecule is C#CCOc1ccccc1C=NNC(=O)C(NC(=O)c1ccc(OC)cc1)C(C)C. The van der Waals surface area contributed by atoms with E-state index < -0.39 is 11.9 Å². The van der Waals surface area contributed by atoms with E-state index in [-0.39, 0.29) is 18.4 Å². The van der Waals surface area contributed by atoms with Crippen LogP contribution in [-0.4, -0.2) is 37.8 Å². The van der Waals surface area contributed by atoms with Crippen LogP contribution >= 0.6 is 0 Å². The summed E-state index contributed by atoms with van der Waals surface area (Å²) in [7, 11) is 1.55. The first-order chi connectivity index (χ1) is 14.5. The summed E-state index contributed by atoms with van der Waals surface area (Å²) < 4.78 is 10.5. The number of nitrogens with zero attached hydrogens (tertiary/aromatic N) is 1. The largest absolute Gasteiger partial charge is 0.497 e. The van der Waals surface area contributed by atoms with Gasteiger partial charge in [-0.1, -0.05) is 31.9 Å². The molecule has 2 aromatic rings. The lowest BCUT2D eigenvalue weighted by Gasteiger charge is -2.20. The summed E-state index contributed by atoms with van der Waals surface area (Å²) in [4.78, 5) is 25.1. The molecule has 156 valence electrons. The molecule has 0 aliphatic carbocycles. The van der Waals surface area contributed by atoms with E-state index in [9.17, 15) is 9.59 Å². The Hall–Kier alpha value is -3.79. The zero-order valence-corrected chi connectivity index (χ0v) is 17.2. The van der Waals surface area contributed by atoms with Crippen LogP contribution in [0.1, 0.15) is 29.8 Å². The highest BCUT2D eigenvalue weighted by molar-refractivity contribution is 5.97. The average molecular weight is 407 g/mol. The van der Waals surface area contributed by atoms with Crippen LogP contribution in [0, 0.1) is 18.3 Å². The summed E-state index contributed by atoms with van der Waals surface area (Å²) in [6.45, 7) is 3.81. The molecule has 0 aliphatic heterocycles. The molecule has 0 saturated heterocycles. The van der Waals surface area contributed by atoms with Crippen molar-refractivity contribution in [3.8, 4) is 23.8 Å². The first kappa shape index (κ1) is 22.5. The number of methoxy groups -OCH3 is 1. The number of benzene rings is 2. The Balaban J connectivity index is 2.03. The van der Waals surface area contributed by atoms with Crippen molar-refractivity contribution in [2.45, 2.75) is 19.9 Å². The minimum absolute atomic E-state index is 0.129. The van der Waals surface area contributed by atoms with Crippen molar-refractivity contribution in [3.05, 3.63) is 59.7 Å². The van der Waals surface area contributed by atoms with Gasteiger partial charge in [-0.15, -0.1) is 6.42 Å². The minimum Gasteiger partial charge on any atom is -0.497 e. The van der Waals surface area contributed by atoms with Crippen molar-refractivity contribution in [2.24, 2.45) is 11.0 Å². The molecule has 0 spiro atoms. The summed E-state index contributed by atoms with van der Waals surface area (Å²) in [5, 5.41) is 6.74. The highest BCUT2D eigenvalue weighted by atomic mass is 16.5. The normalized spacial score (nSPS) is 11.6. The zero-order chi connectivity index (χ0) is 21.9. The molecule has 0 aliphatic rings. The molecule has 30 heavy (non-hydrogen) atoms. The van der Waals surface area contributed by atoms with Crippen LogP contribution in [0.5, 0.6) is 11.5 Å². The number of hydrogen-bond acceptors (Lipinski definition) is 5. The van der Waals surface area contributed by atoms with Crippen molar-refractivity contribution in [3.63, 3.8) is 0 Å². The Morgan fingerprint density at radius 1 is 1.17 bits per heavy atom. The van der Waals surface area contributed by atoms with E-state index in [1.807, 2.05) is 26.0 Å². The number of hydrazone groups is 1. The van der Waals surface area contributed by atoms with Crippen molar-refractivity contribution in [1.29, 1.82) is 0 Å². The van der Waals surface area contributed by atoms with Crippen LogP contribution in [0.4, 0.5) is 0 Å². The molecule has 7 nitrogen and oxygen atoms in total. The highest BCUT2D eigenvalue weighted by Crippen LogP contribution is 2.15.